The van der Waals surface area contributed by atoms with Crippen LogP contribution in [0.25, 0.3) is 33.1 Å². The Balaban J connectivity index is 1.35. The maximum atomic E-state index is 13.9. The van der Waals surface area contributed by atoms with Gasteiger partial charge in [0.15, 0.2) is 0 Å². The molecule has 0 unspecified atom stereocenters. The second-order valence-electron chi connectivity index (χ2n) is 8.15. The first-order valence-electron chi connectivity index (χ1n) is 10.8. The van der Waals surface area contributed by atoms with E-state index in [2.05, 4.69) is 20.3 Å². The summed E-state index contributed by atoms with van der Waals surface area (Å²) in [6, 6.07) is 13.0. The number of thiophene rings is 1. The summed E-state index contributed by atoms with van der Waals surface area (Å²) in [5.41, 5.74) is 2.94. The maximum absolute atomic E-state index is 13.9. The van der Waals surface area contributed by atoms with Gasteiger partial charge < -0.3 is 13.8 Å². The molecule has 1 aliphatic rings. The SMILES string of the molecule is Cc1noc2nc(-c3cccs3)cc(C(=O)N(Cc3nnc(-c4ccc(Cl)cc4)o3)C3CC3)c12. The molecule has 8 nitrogen and oxygen atoms in total. The zero-order valence-corrected chi connectivity index (χ0v) is 19.6. The molecule has 6 rings (SSSR count). The largest absolute Gasteiger partial charge is 0.419 e. The number of rotatable bonds is 6. The lowest BCUT2D eigenvalue weighted by atomic mass is 10.1. The second kappa shape index (κ2) is 8.34. The fourth-order valence-electron chi connectivity index (χ4n) is 3.89. The lowest BCUT2D eigenvalue weighted by Gasteiger charge is -2.21. The summed E-state index contributed by atoms with van der Waals surface area (Å²) < 4.78 is 11.3. The van der Waals surface area contributed by atoms with Crippen molar-refractivity contribution in [3.8, 4) is 22.0 Å². The Hall–Kier alpha value is -3.56. The van der Waals surface area contributed by atoms with E-state index in [-0.39, 0.29) is 18.5 Å². The van der Waals surface area contributed by atoms with Crippen molar-refractivity contribution in [2.45, 2.75) is 32.4 Å². The fraction of sp³-hybridized carbons (Fsp3) is 0.208. The van der Waals surface area contributed by atoms with Gasteiger partial charge in [-0.1, -0.05) is 22.8 Å². The van der Waals surface area contributed by atoms with Gasteiger partial charge in [-0.15, -0.1) is 21.5 Å². The molecular formula is C24H18ClN5O3S. The third-order valence-electron chi connectivity index (χ3n) is 5.73. The van der Waals surface area contributed by atoms with Crippen LogP contribution < -0.4 is 0 Å². The van der Waals surface area contributed by atoms with Gasteiger partial charge in [-0.3, -0.25) is 4.79 Å². The Morgan fingerprint density at radius 2 is 2.03 bits per heavy atom. The zero-order valence-electron chi connectivity index (χ0n) is 18.1. The van der Waals surface area contributed by atoms with Crippen molar-refractivity contribution in [1.82, 2.24) is 25.2 Å². The van der Waals surface area contributed by atoms with Crippen LogP contribution in [-0.4, -0.2) is 37.2 Å². The number of carbonyl (C=O) groups is 1. The molecule has 4 heterocycles. The summed E-state index contributed by atoms with van der Waals surface area (Å²) in [6.45, 7) is 2.03. The van der Waals surface area contributed by atoms with Crippen molar-refractivity contribution in [1.29, 1.82) is 0 Å². The third kappa shape index (κ3) is 3.86. The van der Waals surface area contributed by atoms with Gasteiger partial charge in [-0.25, -0.2) is 4.98 Å². The van der Waals surface area contributed by atoms with E-state index < -0.39 is 0 Å². The quantitative estimate of drug-likeness (QED) is 0.297. The maximum Gasteiger partial charge on any atom is 0.259 e. The van der Waals surface area contributed by atoms with Gasteiger partial charge in [-0.05, 0) is 61.5 Å². The lowest BCUT2D eigenvalue weighted by Crippen LogP contribution is -2.33. The molecular weight excluding hydrogens is 474 g/mol. The standard InChI is InChI=1S/C24H18ClN5O3S/c1-13-21-17(11-18(19-3-2-10-34-19)26-23(21)33-29-13)24(31)30(16-8-9-16)12-20-27-28-22(32-20)14-4-6-15(25)7-5-14/h2-7,10-11,16H,8-9,12H2,1H3. The predicted octanol–water partition coefficient (Wildman–Crippen LogP) is 5.77. The topological polar surface area (TPSA) is 98.2 Å². The average molecular weight is 492 g/mol. The van der Waals surface area contributed by atoms with Gasteiger partial charge in [-0.2, -0.15) is 0 Å². The van der Waals surface area contributed by atoms with Crippen LogP contribution in [0.3, 0.4) is 0 Å². The zero-order chi connectivity index (χ0) is 23.2. The Labute approximate surface area is 203 Å². The highest BCUT2D eigenvalue weighted by atomic mass is 35.5. The molecule has 1 aliphatic carbocycles. The van der Waals surface area contributed by atoms with E-state index in [1.165, 1.54) is 0 Å². The van der Waals surface area contributed by atoms with E-state index in [1.807, 2.05) is 42.6 Å². The van der Waals surface area contributed by atoms with Gasteiger partial charge in [0.05, 0.1) is 33.8 Å². The van der Waals surface area contributed by atoms with Crippen LogP contribution in [0.1, 0.15) is 34.8 Å². The number of hydrogen-bond acceptors (Lipinski definition) is 8. The molecule has 34 heavy (non-hydrogen) atoms. The van der Waals surface area contributed by atoms with Crippen LogP contribution in [-0.2, 0) is 6.54 Å². The van der Waals surface area contributed by atoms with Gasteiger partial charge in [0.1, 0.15) is 0 Å². The van der Waals surface area contributed by atoms with Crippen LogP contribution in [0.15, 0.2) is 56.8 Å². The summed E-state index contributed by atoms with van der Waals surface area (Å²) in [5, 5.41) is 15.6. The van der Waals surface area contributed by atoms with E-state index >= 15 is 0 Å². The smallest absolute Gasteiger partial charge is 0.259 e. The number of nitrogens with zero attached hydrogens (tertiary/aromatic N) is 5. The number of fused-ring (bicyclic) bond motifs is 1. The number of aromatic nitrogens is 4. The van der Waals surface area contributed by atoms with E-state index in [1.54, 1.807) is 28.4 Å². The first-order valence-corrected chi connectivity index (χ1v) is 12.0. The summed E-state index contributed by atoms with van der Waals surface area (Å²) in [7, 11) is 0. The summed E-state index contributed by atoms with van der Waals surface area (Å²) >= 11 is 7.52. The van der Waals surface area contributed by atoms with Crippen molar-refractivity contribution in [2.75, 3.05) is 0 Å². The van der Waals surface area contributed by atoms with Crippen LogP contribution in [0.2, 0.25) is 5.02 Å². The van der Waals surface area contributed by atoms with Crippen molar-refractivity contribution >= 4 is 39.9 Å². The first kappa shape index (κ1) is 21.0. The molecule has 5 aromatic rings. The second-order valence-corrected chi connectivity index (χ2v) is 9.54. The molecule has 0 spiro atoms. The number of halogens is 1. The summed E-state index contributed by atoms with van der Waals surface area (Å²) in [6.07, 6.45) is 1.86. The minimum absolute atomic E-state index is 0.118. The molecule has 170 valence electrons. The summed E-state index contributed by atoms with van der Waals surface area (Å²) in [5.74, 6) is 0.622. The highest BCUT2D eigenvalue weighted by Gasteiger charge is 2.36. The van der Waals surface area contributed by atoms with Crippen molar-refractivity contribution in [3.05, 3.63) is 70.0 Å². The van der Waals surface area contributed by atoms with E-state index in [9.17, 15) is 4.79 Å². The Bertz CT molecular complexity index is 1490. The summed E-state index contributed by atoms with van der Waals surface area (Å²) in [4.78, 5) is 21.2. The van der Waals surface area contributed by atoms with Crippen LogP contribution in [0.4, 0.5) is 0 Å². The van der Waals surface area contributed by atoms with Crippen LogP contribution in [0, 0.1) is 6.92 Å². The number of benzene rings is 1. The number of pyridine rings is 1. The molecule has 1 saturated carbocycles. The fourth-order valence-corrected chi connectivity index (χ4v) is 4.71. The van der Waals surface area contributed by atoms with E-state index in [0.29, 0.717) is 44.9 Å². The molecule has 0 radical (unpaired) electrons. The Morgan fingerprint density at radius 3 is 2.76 bits per heavy atom. The molecule has 0 aliphatic heterocycles. The lowest BCUT2D eigenvalue weighted by molar-refractivity contribution is 0.0716. The molecule has 10 heteroatoms. The van der Waals surface area contributed by atoms with Crippen LogP contribution >= 0.6 is 22.9 Å². The highest BCUT2D eigenvalue weighted by molar-refractivity contribution is 7.13. The molecule has 1 amide bonds. The minimum Gasteiger partial charge on any atom is -0.419 e. The molecule has 0 bridgehead atoms. The molecule has 0 saturated heterocycles. The Morgan fingerprint density at radius 1 is 1.21 bits per heavy atom. The van der Waals surface area contributed by atoms with Crippen molar-refractivity contribution in [3.63, 3.8) is 0 Å². The van der Waals surface area contributed by atoms with Gasteiger partial charge in [0, 0.05) is 16.6 Å². The average Bonchev–Trinajstić information content (AvgIpc) is 3.22. The molecule has 0 N–H and O–H groups in total. The third-order valence-corrected chi connectivity index (χ3v) is 6.88. The van der Waals surface area contributed by atoms with Gasteiger partial charge in [0.25, 0.3) is 11.6 Å². The predicted molar refractivity (Wildman–Crippen MR) is 127 cm³/mol. The highest BCUT2D eigenvalue weighted by Crippen LogP contribution is 2.34. The monoisotopic (exact) mass is 491 g/mol. The first-order chi connectivity index (χ1) is 16.6. The van der Waals surface area contributed by atoms with Crippen molar-refractivity contribution in [2.24, 2.45) is 0 Å². The number of hydrogen-bond donors (Lipinski definition) is 0. The molecule has 1 aromatic carbocycles. The van der Waals surface area contributed by atoms with E-state index in [4.69, 9.17) is 20.5 Å². The number of carbonyl (C=O) groups excluding carboxylic acids is 1. The van der Waals surface area contributed by atoms with E-state index in [0.717, 1.165) is 23.3 Å². The molecule has 0 atom stereocenters. The van der Waals surface area contributed by atoms with Gasteiger partial charge in [0.2, 0.25) is 11.8 Å². The molecule has 4 aromatic heterocycles. The number of amides is 1. The van der Waals surface area contributed by atoms with Gasteiger partial charge >= 0.3 is 0 Å². The van der Waals surface area contributed by atoms with Crippen molar-refractivity contribution < 1.29 is 13.7 Å². The normalized spacial score (nSPS) is 13.5. The Kier molecular flexibility index (Phi) is 5.15. The number of aryl methyl sites for hydroxylation is 1. The molecule has 1 fully saturated rings. The van der Waals surface area contributed by atoms with Crippen LogP contribution in [0.5, 0.6) is 0 Å². The minimum atomic E-state index is -0.134.